The molecule has 100 valence electrons. The Balaban J connectivity index is 1.77. The topological polar surface area (TPSA) is 48.3 Å². The second kappa shape index (κ2) is 4.99. The third-order valence-corrected chi connectivity index (χ3v) is 4.12. The van der Waals surface area contributed by atoms with Gasteiger partial charge in [-0.3, -0.25) is 0 Å². The van der Waals surface area contributed by atoms with Gasteiger partial charge in [-0.25, -0.2) is 4.98 Å². The van der Waals surface area contributed by atoms with Gasteiger partial charge < -0.3 is 19.4 Å². The Hall–Kier alpha value is -0.910. The zero-order valence-corrected chi connectivity index (χ0v) is 10.9. The molecule has 2 saturated heterocycles. The summed E-state index contributed by atoms with van der Waals surface area (Å²) >= 11 is 0. The quantitative estimate of drug-likeness (QED) is 0.871. The molecule has 0 radical (unpaired) electrons. The van der Waals surface area contributed by atoms with Crippen molar-refractivity contribution < 1.29 is 9.47 Å². The van der Waals surface area contributed by atoms with E-state index < -0.39 is 0 Å². The van der Waals surface area contributed by atoms with Crippen LogP contribution in [0.15, 0.2) is 12.5 Å². The minimum absolute atomic E-state index is 0.173. The Kier molecular flexibility index (Phi) is 3.37. The summed E-state index contributed by atoms with van der Waals surface area (Å²) in [5, 5.41) is 3.52. The second-order valence-electron chi connectivity index (χ2n) is 5.29. The fourth-order valence-electron chi connectivity index (χ4n) is 2.94. The molecule has 0 spiro atoms. The third-order valence-electron chi connectivity index (χ3n) is 4.12. The molecule has 5 nitrogen and oxygen atoms in total. The highest BCUT2D eigenvalue weighted by Gasteiger charge is 2.36. The van der Waals surface area contributed by atoms with E-state index in [0.717, 1.165) is 26.1 Å². The van der Waals surface area contributed by atoms with Gasteiger partial charge in [0.25, 0.3) is 0 Å². The SMILES string of the molecule is COC1(Cn2cncc2[C@@H]2CCCN2)CCOC1. The van der Waals surface area contributed by atoms with Gasteiger partial charge >= 0.3 is 0 Å². The lowest BCUT2D eigenvalue weighted by Crippen LogP contribution is -2.37. The monoisotopic (exact) mass is 251 g/mol. The normalized spacial score (nSPS) is 32.2. The zero-order valence-electron chi connectivity index (χ0n) is 10.9. The van der Waals surface area contributed by atoms with E-state index in [0.29, 0.717) is 12.6 Å². The fourth-order valence-corrected chi connectivity index (χ4v) is 2.94. The van der Waals surface area contributed by atoms with Crippen LogP contribution in [0, 0.1) is 0 Å². The molecular weight excluding hydrogens is 230 g/mol. The van der Waals surface area contributed by atoms with Crippen LogP contribution in [0.5, 0.6) is 0 Å². The number of aromatic nitrogens is 2. The molecule has 0 bridgehead atoms. The summed E-state index contributed by atoms with van der Waals surface area (Å²) < 4.78 is 13.4. The summed E-state index contributed by atoms with van der Waals surface area (Å²) in [7, 11) is 1.78. The van der Waals surface area contributed by atoms with Crippen molar-refractivity contribution in [1.82, 2.24) is 14.9 Å². The van der Waals surface area contributed by atoms with E-state index in [-0.39, 0.29) is 5.60 Å². The summed E-state index contributed by atoms with van der Waals surface area (Å²) in [5.41, 5.74) is 1.10. The number of hydrogen-bond acceptors (Lipinski definition) is 4. The van der Waals surface area contributed by atoms with Gasteiger partial charge in [-0.2, -0.15) is 0 Å². The lowest BCUT2D eigenvalue weighted by molar-refractivity contribution is -0.0301. The smallest absolute Gasteiger partial charge is 0.111 e. The summed E-state index contributed by atoms with van der Waals surface area (Å²) in [6, 6.07) is 0.448. The molecule has 1 unspecified atom stereocenters. The molecule has 3 rings (SSSR count). The van der Waals surface area contributed by atoms with Crippen LogP contribution in [0.4, 0.5) is 0 Å². The van der Waals surface area contributed by atoms with Gasteiger partial charge in [0.2, 0.25) is 0 Å². The van der Waals surface area contributed by atoms with Crippen molar-refractivity contribution in [2.24, 2.45) is 0 Å². The van der Waals surface area contributed by atoms with E-state index in [9.17, 15) is 0 Å². The van der Waals surface area contributed by atoms with Crippen LogP contribution in [-0.2, 0) is 16.0 Å². The number of imidazole rings is 1. The van der Waals surface area contributed by atoms with Crippen LogP contribution in [0.3, 0.4) is 0 Å². The van der Waals surface area contributed by atoms with E-state index in [4.69, 9.17) is 9.47 Å². The maximum absolute atomic E-state index is 5.70. The first kappa shape index (κ1) is 12.1. The molecule has 5 heteroatoms. The number of nitrogens with one attached hydrogen (secondary N) is 1. The Labute approximate surface area is 107 Å². The molecule has 1 aromatic rings. The fraction of sp³-hybridized carbons (Fsp3) is 0.769. The van der Waals surface area contributed by atoms with E-state index in [1.54, 1.807) is 7.11 Å². The minimum atomic E-state index is -0.173. The summed E-state index contributed by atoms with van der Waals surface area (Å²) in [5.74, 6) is 0. The molecule has 3 heterocycles. The molecule has 0 saturated carbocycles. The number of rotatable bonds is 4. The van der Waals surface area contributed by atoms with E-state index in [1.165, 1.54) is 18.5 Å². The average Bonchev–Trinajstić information content (AvgIpc) is 3.10. The first-order valence-electron chi connectivity index (χ1n) is 6.69. The highest BCUT2D eigenvalue weighted by molar-refractivity contribution is 5.08. The molecule has 2 aliphatic heterocycles. The van der Waals surface area contributed by atoms with Crippen LogP contribution < -0.4 is 5.32 Å². The van der Waals surface area contributed by atoms with Gasteiger partial charge in [0.05, 0.1) is 25.2 Å². The summed E-state index contributed by atoms with van der Waals surface area (Å²) in [6.07, 6.45) is 7.28. The Morgan fingerprint density at radius 1 is 1.67 bits per heavy atom. The van der Waals surface area contributed by atoms with Crippen molar-refractivity contribution in [3.05, 3.63) is 18.2 Å². The van der Waals surface area contributed by atoms with Crippen LogP contribution in [0.25, 0.3) is 0 Å². The van der Waals surface area contributed by atoms with Crippen molar-refractivity contribution in [2.45, 2.75) is 37.5 Å². The largest absolute Gasteiger partial charge is 0.378 e. The zero-order chi connectivity index (χ0) is 12.4. The molecule has 0 aromatic carbocycles. The Morgan fingerprint density at radius 3 is 3.28 bits per heavy atom. The predicted octanol–water partition coefficient (Wildman–Crippen LogP) is 1.11. The van der Waals surface area contributed by atoms with Crippen molar-refractivity contribution >= 4 is 0 Å². The van der Waals surface area contributed by atoms with Crippen LogP contribution in [0.1, 0.15) is 31.0 Å². The maximum atomic E-state index is 5.70. The number of hydrogen-bond donors (Lipinski definition) is 1. The minimum Gasteiger partial charge on any atom is -0.378 e. The molecule has 18 heavy (non-hydrogen) atoms. The Morgan fingerprint density at radius 2 is 2.61 bits per heavy atom. The van der Waals surface area contributed by atoms with Crippen molar-refractivity contribution in [1.29, 1.82) is 0 Å². The van der Waals surface area contributed by atoms with E-state index in [1.807, 2.05) is 12.5 Å². The lowest BCUT2D eigenvalue weighted by Gasteiger charge is -2.27. The molecule has 0 aliphatic carbocycles. The molecular formula is C13H21N3O2. The number of nitrogens with zero attached hydrogens (tertiary/aromatic N) is 2. The van der Waals surface area contributed by atoms with Crippen LogP contribution in [-0.4, -0.2) is 42.0 Å². The Bertz CT molecular complexity index is 393. The van der Waals surface area contributed by atoms with Gasteiger partial charge in [-0.1, -0.05) is 0 Å². The predicted molar refractivity (Wildman–Crippen MR) is 67.4 cm³/mol. The highest BCUT2D eigenvalue weighted by atomic mass is 16.5. The first-order valence-corrected chi connectivity index (χ1v) is 6.69. The van der Waals surface area contributed by atoms with E-state index in [2.05, 4.69) is 14.9 Å². The lowest BCUT2D eigenvalue weighted by atomic mass is 10.0. The third kappa shape index (κ3) is 2.18. The maximum Gasteiger partial charge on any atom is 0.111 e. The van der Waals surface area contributed by atoms with Crippen molar-refractivity contribution in [3.63, 3.8) is 0 Å². The van der Waals surface area contributed by atoms with Gasteiger partial charge in [-0.15, -0.1) is 0 Å². The second-order valence-corrected chi connectivity index (χ2v) is 5.29. The van der Waals surface area contributed by atoms with Gasteiger partial charge in [0, 0.05) is 32.4 Å². The molecule has 0 amide bonds. The van der Waals surface area contributed by atoms with E-state index >= 15 is 0 Å². The van der Waals surface area contributed by atoms with Crippen LogP contribution in [0.2, 0.25) is 0 Å². The molecule has 1 N–H and O–H groups in total. The molecule has 2 fully saturated rings. The molecule has 2 atom stereocenters. The molecule has 1 aromatic heterocycles. The van der Waals surface area contributed by atoms with Gasteiger partial charge in [-0.05, 0) is 19.4 Å². The summed E-state index contributed by atoms with van der Waals surface area (Å²) in [6.45, 7) is 3.41. The van der Waals surface area contributed by atoms with Gasteiger partial charge in [0.1, 0.15) is 5.60 Å². The average molecular weight is 251 g/mol. The van der Waals surface area contributed by atoms with Crippen molar-refractivity contribution in [2.75, 3.05) is 26.9 Å². The van der Waals surface area contributed by atoms with Crippen molar-refractivity contribution in [3.8, 4) is 0 Å². The highest BCUT2D eigenvalue weighted by Crippen LogP contribution is 2.28. The van der Waals surface area contributed by atoms with Crippen LogP contribution >= 0.6 is 0 Å². The summed E-state index contributed by atoms with van der Waals surface area (Å²) in [4.78, 5) is 4.30. The first-order chi connectivity index (χ1) is 8.83. The number of ether oxygens (including phenoxy) is 2. The molecule has 2 aliphatic rings. The standard InChI is InChI=1S/C13H21N3O2/c1-17-13(4-6-18-9-13)8-16-10-14-7-12(16)11-3-2-5-15-11/h7,10-11,15H,2-6,8-9H2,1H3/t11-,13?/m0/s1. The van der Waals surface area contributed by atoms with Gasteiger partial charge in [0.15, 0.2) is 0 Å². The number of methoxy groups -OCH3 is 1.